The van der Waals surface area contributed by atoms with Crippen molar-refractivity contribution in [2.75, 3.05) is 25.6 Å². The van der Waals surface area contributed by atoms with Crippen molar-refractivity contribution in [3.8, 4) is 5.75 Å². The van der Waals surface area contributed by atoms with Gasteiger partial charge in [0.05, 0.1) is 23.9 Å². The van der Waals surface area contributed by atoms with E-state index in [0.717, 1.165) is 25.9 Å². The van der Waals surface area contributed by atoms with Crippen molar-refractivity contribution >= 4 is 23.3 Å². The number of ether oxygens (including phenoxy) is 2. The first-order valence-electron chi connectivity index (χ1n) is 7.69. The van der Waals surface area contributed by atoms with Gasteiger partial charge in [-0.3, -0.25) is 0 Å². The van der Waals surface area contributed by atoms with Gasteiger partial charge in [0, 0.05) is 19.2 Å². The molecule has 1 aliphatic rings. The largest absolute Gasteiger partial charge is 0.497 e. The minimum absolute atomic E-state index is 0.253. The van der Waals surface area contributed by atoms with Gasteiger partial charge < -0.3 is 20.1 Å². The number of hydrogen-bond acceptors (Lipinski definition) is 3. The molecule has 0 aromatic heterocycles. The van der Waals surface area contributed by atoms with Gasteiger partial charge in [0.25, 0.3) is 0 Å². The molecule has 0 saturated carbocycles. The standard InChI is InChI=1S/C16H23ClN2O3/c1-21-13-7-8-15(14(17)11-13)19-16(20)18-9-4-6-12-5-2-3-10-22-12/h7-8,11-12H,2-6,9-10H2,1H3,(H2,18,19,20)/t12-/m1/s1. The molecule has 1 saturated heterocycles. The second-order valence-electron chi connectivity index (χ2n) is 5.36. The number of carbonyl (C=O) groups excluding carboxylic acids is 1. The first-order chi connectivity index (χ1) is 10.7. The highest BCUT2D eigenvalue weighted by Gasteiger charge is 2.13. The Morgan fingerprint density at radius 3 is 3.00 bits per heavy atom. The molecule has 1 atom stereocenters. The third-order valence-electron chi connectivity index (χ3n) is 3.69. The Balaban J connectivity index is 1.67. The van der Waals surface area contributed by atoms with E-state index in [1.165, 1.54) is 12.8 Å². The summed E-state index contributed by atoms with van der Waals surface area (Å²) in [5.41, 5.74) is 0.565. The second-order valence-corrected chi connectivity index (χ2v) is 5.76. The molecular weight excluding hydrogens is 304 g/mol. The van der Waals surface area contributed by atoms with Crippen LogP contribution < -0.4 is 15.4 Å². The number of anilines is 1. The third kappa shape index (κ3) is 5.39. The Morgan fingerprint density at radius 1 is 1.45 bits per heavy atom. The number of nitrogens with one attached hydrogen (secondary N) is 2. The zero-order valence-electron chi connectivity index (χ0n) is 12.9. The van der Waals surface area contributed by atoms with Crippen LogP contribution in [0.4, 0.5) is 10.5 Å². The number of methoxy groups -OCH3 is 1. The lowest BCUT2D eigenvalue weighted by atomic mass is 10.0. The van der Waals surface area contributed by atoms with Crippen LogP contribution in [0.1, 0.15) is 32.1 Å². The summed E-state index contributed by atoms with van der Waals surface area (Å²) in [4.78, 5) is 11.8. The Labute approximate surface area is 136 Å². The third-order valence-corrected chi connectivity index (χ3v) is 4.00. The summed E-state index contributed by atoms with van der Waals surface area (Å²) in [7, 11) is 1.57. The molecule has 1 aromatic rings. The van der Waals surface area contributed by atoms with E-state index in [9.17, 15) is 4.79 Å². The van der Waals surface area contributed by atoms with Gasteiger partial charge in [-0.15, -0.1) is 0 Å². The number of benzene rings is 1. The van der Waals surface area contributed by atoms with E-state index in [4.69, 9.17) is 21.1 Å². The SMILES string of the molecule is COc1ccc(NC(=O)NCCC[C@H]2CCCCO2)c(Cl)c1. The lowest BCUT2D eigenvalue weighted by Gasteiger charge is -2.22. The van der Waals surface area contributed by atoms with Crippen LogP contribution in [0.25, 0.3) is 0 Å². The van der Waals surface area contributed by atoms with Crippen LogP contribution in [-0.2, 0) is 4.74 Å². The van der Waals surface area contributed by atoms with Gasteiger partial charge >= 0.3 is 6.03 Å². The fraction of sp³-hybridized carbons (Fsp3) is 0.562. The molecule has 1 fully saturated rings. The molecule has 122 valence electrons. The van der Waals surface area contributed by atoms with Crippen LogP contribution in [0.3, 0.4) is 0 Å². The van der Waals surface area contributed by atoms with Crippen LogP contribution in [0, 0.1) is 0 Å². The molecule has 0 spiro atoms. The van der Waals surface area contributed by atoms with Crippen LogP contribution in [0.2, 0.25) is 5.02 Å². The summed E-state index contributed by atoms with van der Waals surface area (Å²) >= 11 is 6.08. The van der Waals surface area contributed by atoms with Crippen molar-refractivity contribution in [3.63, 3.8) is 0 Å². The fourth-order valence-corrected chi connectivity index (χ4v) is 2.68. The topological polar surface area (TPSA) is 59.6 Å². The van der Waals surface area contributed by atoms with E-state index in [1.807, 2.05) is 0 Å². The normalized spacial score (nSPS) is 17.8. The molecule has 0 radical (unpaired) electrons. The van der Waals surface area contributed by atoms with Gasteiger partial charge in [-0.25, -0.2) is 4.79 Å². The highest BCUT2D eigenvalue weighted by Crippen LogP contribution is 2.26. The summed E-state index contributed by atoms with van der Waals surface area (Å²) in [6.07, 6.45) is 5.80. The first kappa shape index (κ1) is 16.9. The Hall–Kier alpha value is -1.46. The van der Waals surface area contributed by atoms with E-state index < -0.39 is 0 Å². The molecule has 0 unspecified atom stereocenters. The van der Waals surface area contributed by atoms with Crippen molar-refractivity contribution < 1.29 is 14.3 Å². The summed E-state index contributed by atoms with van der Waals surface area (Å²) < 4.78 is 10.7. The average Bonchev–Trinajstić information content (AvgIpc) is 2.54. The van der Waals surface area contributed by atoms with Crippen molar-refractivity contribution in [2.24, 2.45) is 0 Å². The maximum atomic E-state index is 11.8. The van der Waals surface area contributed by atoms with Crippen molar-refractivity contribution in [2.45, 2.75) is 38.2 Å². The number of halogens is 1. The molecule has 1 aliphatic heterocycles. The zero-order valence-corrected chi connectivity index (χ0v) is 13.6. The molecule has 5 nitrogen and oxygen atoms in total. The fourth-order valence-electron chi connectivity index (χ4n) is 2.46. The van der Waals surface area contributed by atoms with Crippen LogP contribution in [0.15, 0.2) is 18.2 Å². The molecule has 1 aromatic carbocycles. The molecule has 6 heteroatoms. The number of urea groups is 1. The molecule has 22 heavy (non-hydrogen) atoms. The highest BCUT2D eigenvalue weighted by atomic mass is 35.5. The van der Waals surface area contributed by atoms with Crippen LogP contribution in [-0.4, -0.2) is 32.4 Å². The zero-order chi connectivity index (χ0) is 15.8. The van der Waals surface area contributed by atoms with Gasteiger partial charge in [0.1, 0.15) is 5.75 Å². The van der Waals surface area contributed by atoms with E-state index in [1.54, 1.807) is 25.3 Å². The molecular formula is C16H23ClN2O3. The van der Waals surface area contributed by atoms with Crippen molar-refractivity contribution in [3.05, 3.63) is 23.2 Å². The van der Waals surface area contributed by atoms with Gasteiger partial charge in [-0.1, -0.05) is 11.6 Å². The highest BCUT2D eigenvalue weighted by molar-refractivity contribution is 6.33. The number of rotatable bonds is 6. The van der Waals surface area contributed by atoms with E-state index >= 15 is 0 Å². The summed E-state index contributed by atoms with van der Waals surface area (Å²) in [5.74, 6) is 0.656. The maximum Gasteiger partial charge on any atom is 0.319 e. The Kier molecular flexibility index (Phi) is 6.80. The van der Waals surface area contributed by atoms with E-state index in [2.05, 4.69) is 10.6 Å². The van der Waals surface area contributed by atoms with Crippen molar-refractivity contribution in [1.82, 2.24) is 5.32 Å². The lowest BCUT2D eigenvalue weighted by Crippen LogP contribution is -2.30. The lowest BCUT2D eigenvalue weighted by molar-refractivity contribution is 0.0103. The quantitative estimate of drug-likeness (QED) is 0.781. The van der Waals surface area contributed by atoms with Crippen molar-refractivity contribution in [1.29, 1.82) is 0 Å². The van der Waals surface area contributed by atoms with Gasteiger partial charge in [-0.2, -0.15) is 0 Å². The van der Waals surface area contributed by atoms with Crippen LogP contribution >= 0.6 is 11.6 Å². The minimum Gasteiger partial charge on any atom is -0.497 e. The van der Waals surface area contributed by atoms with Gasteiger partial charge in [0.2, 0.25) is 0 Å². The molecule has 2 rings (SSSR count). The predicted molar refractivity (Wildman–Crippen MR) is 87.9 cm³/mol. The smallest absolute Gasteiger partial charge is 0.319 e. The molecule has 0 bridgehead atoms. The number of carbonyl (C=O) groups is 1. The molecule has 1 heterocycles. The predicted octanol–water partition coefficient (Wildman–Crippen LogP) is 3.82. The van der Waals surface area contributed by atoms with E-state index in [-0.39, 0.29) is 6.03 Å². The monoisotopic (exact) mass is 326 g/mol. The number of amides is 2. The Bertz CT molecular complexity index is 490. The van der Waals surface area contributed by atoms with Crippen LogP contribution in [0.5, 0.6) is 5.75 Å². The summed E-state index contributed by atoms with van der Waals surface area (Å²) in [6, 6.07) is 4.88. The summed E-state index contributed by atoms with van der Waals surface area (Å²) in [5, 5.41) is 6.01. The number of hydrogen-bond donors (Lipinski definition) is 2. The molecule has 0 aliphatic carbocycles. The first-order valence-corrected chi connectivity index (χ1v) is 8.07. The minimum atomic E-state index is -0.253. The average molecular weight is 327 g/mol. The van der Waals surface area contributed by atoms with Gasteiger partial charge in [-0.05, 0) is 44.2 Å². The van der Waals surface area contributed by atoms with Gasteiger partial charge in [0.15, 0.2) is 0 Å². The molecule has 2 N–H and O–H groups in total. The Morgan fingerprint density at radius 2 is 2.32 bits per heavy atom. The second kappa shape index (κ2) is 8.86. The van der Waals surface area contributed by atoms with E-state index in [0.29, 0.717) is 29.1 Å². The summed E-state index contributed by atoms with van der Waals surface area (Å²) in [6.45, 7) is 1.49. The molecule has 2 amide bonds. The maximum absolute atomic E-state index is 11.8.